The molecule has 0 radical (unpaired) electrons. The fourth-order valence-corrected chi connectivity index (χ4v) is 1.81. The van der Waals surface area contributed by atoms with Crippen molar-refractivity contribution < 1.29 is 4.42 Å². The van der Waals surface area contributed by atoms with Gasteiger partial charge in [-0.05, 0) is 42.0 Å². The molecule has 0 aliphatic carbocycles. The molecular weight excluding hydrogens is 317 g/mol. The van der Waals surface area contributed by atoms with E-state index in [4.69, 9.17) is 39.8 Å². The number of benzene rings is 1. The summed E-state index contributed by atoms with van der Waals surface area (Å²) in [6.45, 7) is 0.501. The summed E-state index contributed by atoms with van der Waals surface area (Å²) in [4.78, 5) is 0. The van der Waals surface area contributed by atoms with Gasteiger partial charge in [-0.2, -0.15) is 5.10 Å². The summed E-state index contributed by atoms with van der Waals surface area (Å²) in [5.74, 6) is 0.794. The van der Waals surface area contributed by atoms with Crippen LogP contribution in [0.1, 0.15) is 11.3 Å². The van der Waals surface area contributed by atoms with Crippen LogP contribution in [0.25, 0.3) is 0 Å². The second-order valence-corrected chi connectivity index (χ2v) is 5.03. The SMILES string of the molecule is S=C(NCc1ccco1)N/N=C/c1ccc(Cl)c(Cl)c1. The van der Waals surface area contributed by atoms with Crippen molar-refractivity contribution in [1.82, 2.24) is 10.7 Å². The van der Waals surface area contributed by atoms with Crippen molar-refractivity contribution >= 4 is 46.7 Å². The first-order valence-corrected chi connectivity index (χ1v) is 6.86. The molecular formula is C13H11Cl2N3OS. The van der Waals surface area contributed by atoms with Crippen molar-refractivity contribution in [2.45, 2.75) is 6.54 Å². The van der Waals surface area contributed by atoms with Crippen LogP contribution in [0, 0.1) is 0 Å². The molecule has 0 fully saturated rings. The molecule has 2 rings (SSSR count). The standard InChI is InChI=1S/C13H11Cl2N3OS/c14-11-4-3-9(6-12(11)15)7-17-18-13(20)16-8-10-2-1-5-19-10/h1-7H,8H2,(H2,16,18,20)/b17-7+. The molecule has 0 bridgehead atoms. The van der Waals surface area contributed by atoms with Gasteiger partial charge in [0.05, 0.1) is 29.1 Å². The van der Waals surface area contributed by atoms with E-state index >= 15 is 0 Å². The quantitative estimate of drug-likeness (QED) is 0.512. The molecule has 0 atom stereocenters. The number of furan rings is 1. The average molecular weight is 328 g/mol. The van der Waals surface area contributed by atoms with Crippen molar-refractivity contribution in [3.05, 3.63) is 58.0 Å². The van der Waals surface area contributed by atoms with Crippen molar-refractivity contribution in [1.29, 1.82) is 0 Å². The molecule has 0 aliphatic heterocycles. The molecule has 0 spiro atoms. The lowest BCUT2D eigenvalue weighted by Crippen LogP contribution is -2.31. The van der Waals surface area contributed by atoms with Gasteiger partial charge in [0.25, 0.3) is 0 Å². The Labute approximate surface area is 131 Å². The van der Waals surface area contributed by atoms with Gasteiger partial charge in [0.1, 0.15) is 5.76 Å². The number of thiocarbonyl (C=S) groups is 1. The summed E-state index contributed by atoms with van der Waals surface area (Å²) in [6.07, 6.45) is 3.21. The summed E-state index contributed by atoms with van der Waals surface area (Å²) >= 11 is 16.8. The van der Waals surface area contributed by atoms with Gasteiger partial charge >= 0.3 is 0 Å². The van der Waals surface area contributed by atoms with E-state index in [0.717, 1.165) is 11.3 Å². The summed E-state index contributed by atoms with van der Waals surface area (Å²) in [5.41, 5.74) is 3.52. The van der Waals surface area contributed by atoms with Crippen LogP contribution in [0.15, 0.2) is 46.1 Å². The minimum Gasteiger partial charge on any atom is -0.467 e. The Morgan fingerprint density at radius 2 is 2.15 bits per heavy atom. The topological polar surface area (TPSA) is 49.6 Å². The monoisotopic (exact) mass is 327 g/mol. The summed E-state index contributed by atoms with van der Waals surface area (Å²) in [7, 11) is 0. The molecule has 1 aromatic carbocycles. The molecule has 1 aromatic heterocycles. The van der Waals surface area contributed by atoms with Crippen LogP contribution >= 0.6 is 35.4 Å². The highest BCUT2D eigenvalue weighted by atomic mass is 35.5. The minimum absolute atomic E-state index is 0.401. The van der Waals surface area contributed by atoms with Crippen LogP contribution in [-0.4, -0.2) is 11.3 Å². The molecule has 4 nitrogen and oxygen atoms in total. The zero-order valence-corrected chi connectivity index (χ0v) is 12.6. The van der Waals surface area contributed by atoms with E-state index in [0.29, 0.717) is 21.7 Å². The minimum atomic E-state index is 0.401. The van der Waals surface area contributed by atoms with Crippen LogP contribution in [0.5, 0.6) is 0 Å². The van der Waals surface area contributed by atoms with Crippen molar-refractivity contribution in [3.63, 3.8) is 0 Å². The Hall–Kier alpha value is -1.56. The van der Waals surface area contributed by atoms with Crippen molar-refractivity contribution in [2.75, 3.05) is 0 Å². The van der Waals surface area contributed by atoms with E-state index in [9.17, 15) is 0 Å². The van der Waals surface area contributed by atoms with Crippen LogP contribution in [0.4, 0.5) is 0 Å². The number of nitrogens with one attached hydrogen (secondary N) is 2. The van der Waals surface area contributed by atoms with E-state index in [1.54, 1.807) is 30.7 Å². The lowest BCUT2D eigenvalue weighted by Gasteiger charge is -2.04. The fraction of sp³-hybridized carbons (Fsp3) is 0.0769. The van der Waals surface area contributed by atoms with Gasteiger partial charge in [0, 0.05) is 0 Å². The van der Waals surface area contributed by atoms with Gasteiger partial charge in [0.15, 0.2) is 5.11 Å². The normalized spacial score (nSPS) is 10.7. The third kappa shape index (κ3) is 4.52. The second-order valence-electron chi connectivity index (χ2n) is 3.81. The molecule has 0 saturated carbocycles. The maximum absolute atomic E-state index is 5.90. The van der Waals surface area contributed by atoms with E-state index < -0.39 is 0 Å². The molecule has 104 valence electrons. The third-order valence-corrected chi connectivity index (χ3v) is 3.30. The summed E-state index contributed by atoms with van der Waals surface area (Å²) in [5, 5.41) is 8.35. The molecule has 0 unspecified atom stereocenters. The number of rotatable bonds is 4. The summed E-state index contributed by atoms with van der Waals surface area (Å²) in [6, 6.07) is 8.90. The average Bonchev–Trinajstić information content (AvgIpc) is 2.94. The smallest absolute Gasteiger partial charge is 0.187 e. The highest BCUT2D eigenvalue weighted by Crippen LogP contribution is 2.21. The molecule has 20 heavy (non-hydrogen) atoms. The third-order valence-electron chi connectivity index (χ3n) is 2.33. The highest BCUT2D eigenvalue weighted by Gasteiger charge is 1.98. The Kier molecular flexibility index (Phi) is 5.40. The zero-order valence-electron chi connectivity index (χ0n) is 10.3. The van der Waals surface area contributed by atoms with Gasteiger partial charge in [0.2, 0.25) is 0 Å². The lowest BCUT2D eigenvalue weighted by molar-refractivity contribution is 0.502. The predicted octanol–water partition coefficient (Wildman–Crippen LogP) is 3.58. The second kappa shape index (κ2) is 7.28. The summed E-state index contributed by atoms with van der Waals surface area (Å²) < 4.78 is 5.17. The number of nitrogens with zero attached hydrogens (tertiary/aromatic N) is 1. The molecule has 7 heteroatoms. The number of hydrazone groups is 1. The number of halogens is 2. The highest BCUT2D eigenvalue weighted by molar-refractivity contribution is 7.80. The van der Waals surface area contributed by atoms with E-state index in [1.165, 1.54) is 0 Å². The largest absolute Gasteiger partial charge is 0.467 e. The van der Waals surface area contributed by atoms with Crippen molar-refractivity contribution in [2.24, 2.45) is 5.10 Å². The molecule has 2 N–H and O–H groups in total. The molecule has 0 saturated heterocycles. The maximum atomic E-state index is 5.90. The fourth-order valence-electron chi connectivity index (χ4n) is 1.38. The van der Waals surface area contributed by atoms with Gasteiger partial charge in [-0.25, -0.2) is 0 Å². The zero-order chi connectivity index (χ0) is 14.4. The Balaban J connectivity index is 1.80. The molecule has 0 aliphatic rings. The van der Waals surface area contributed by atoms with Gasteiger partial charge in [-0.3, -0.25) is 5.43 Å². The van der Waals surface area contributed by atoms with Crippen LogP contribution in [0.2, 0.25) is 10.0 Å². The Morgan fingerprint density at radius 3 is 2.85 bits per heavy atom. The van der Waals surface area contributed by atoms with Gasteiger partial charge < -0.3 is 9.73 Å². The Morgan fingerprint density at radius 1 is 1.30 bits per heavy atom. The van der Waals surface area contributed by atoms with Crippen molar-refractivity contribution in [3.8, 4) is 0 Å². The molecule has 1 heterocycles. The predicted molar refractivity (Wildman–Crippen MR) is 85.3 cm³/mol. The maximum Gasteiger partial charge on any atom is 0.187 e. The van der Waals surface area contributed by atoms with Crippen LogP contribution in [0.3, 0.4) is 0 Å². The van der Waals surface area contributed by atoms with Crippen LogP contribution < -0.4 is 10.7 Å². The molecule has 0 amide bonds. The van der Waals surface area contributed by atoms with E-state index in [2.05, 4.69) is 15.8 Å². The first-order valence-electron chi connectivity index (χ1n) is 5.69. The van der Waals surface area contributed by atoms with E-state index in [-0.39, 0.29) is 0 Å². The number of hydrogen-bond donors (Lipinski definition) is 2. The number of hydrogen-bond acceptors (Lipinski definition) is 3. The van der Waals surface area contributed by atoms with Gasteiger partial charge in [-0.15, -0.1) is 0 Å². The van der Waals surface area contributed by atoms with E-state index in [1.807, 2.05) is 12.1 Å². The Bertz CT molecular complexity index is 614. The van der Waals surface area contributed by atoms with Crippen LogP contribution in [-0.2, 0) is 6.54 Å². The lowest BCUT2D eigenvalue weighted by atomic mass is 10.2. The molecule has 2 aromatic rings. The first-order chi connectivity index (χ1) is 9.65. The van der Waals surface area contributed by atoms with Gasteiger partial charge in [-0.1, -0.05) is 29.3 Å². The first kappa shape index (κ1) is 14.8.